The molecule has 6 heteroatoms. The topological polar surface area (TPSA) is 40.6 Å². The Hall–Kier alpha value is -0.390. The Morgan fingerprint density at radius 3 is 2.42 bits per heavy atom. The van der Waals surface area contributed by atoms with Crippen molar-refractivity contribution in [3.8, 4) is 0 Å². The average Bonchev–Trinajstić information content (AvgIpc) is 2.44. The Morgan fingerprint density at radius 1 is 1.21 bits per heavy atom. The molecule has 19 heavy (non-hydrogen) atoms. The molecule has 1 aromatic rings. The quantitative estimate of drug-likeness (QED) is 0.803. The minimum absolute atomic E-state index is 0.0280. The molecule has 3 aliphatic heterocycles. The minimum atomic E-state index is -1.22. The smallest absolute Gasteiger partial charge is 0.313 e. The van der Waals surface area contributed by atoms with Crippen LogP contribution in [0, 0.1) is 5.41 Å². The lowest BCUT2D eigenvalue weighted by atomic mass is 9.84. The molecule has 4 nitrogen and oxygen atoms in total. The summed E-state index contributed by atoms with van der Waals surface area (Å²) in [6.07, 6.45) is 3.57. The van der Waals surface area contributed by atoms with E-state index in [4.69, 9.17) is 37.4 Å². The number of aromatic nitrogens is 1. The fourth-order valence-corrected chi connectivity index (χ4v) is 3.00. The van der Waals surface area contributed by atoms with Crippen LogP contribution >= 0.6 is 23.2 Å². The van der Waals surface area contributed by atoms with Crippen molar-refractivity contribution in [1.29, 1.82) is 0 Å². The number of ether oxygens (including phenoxy) is 3. The molecule has 3 fully saturated rings. The first kappa shape index (κ1) is 13.6. The van der Waals surface area contributed by atoms with E-state index in [1.54, 1.807) is 6.07 Å². The molecular formula is C13H15Cl2NO3. The van der Waals surface area contributed by atoms with Gasteiger partial charge in [-0.25, -0.2) is 4.98 Å². The highest BCUT2D eigenvalue weighted by Gasteiger charge is 2.54. The first-order valence-corrected chi connectivity index (χ1v) is 7.08. The maximum absolute atomic E-state index is 6.15. The lowest BCUT2D eigenvalue weighted by molar-refractivity contribution is -0.480. The summed E-state index contributed by atoms with van der Waals surface area (Å²) >= 11 is 12.1. The monoisotopic (exact) mass is 303 g/mol. The van der Waals surface area contributed by atoms with Gasteiger partial charge in [0.05, 0.1) is 30.4 Å². The number of nitrogens with zero attached hydrogens (tertiary/aromatic N) is 1. The van der Waals surface area contributed by atoms with Gasteiger partial charge in [-0.15, -0.1) is 0 Å². The Labute approximate surface area is 122 Å². The molecule has 1 aromatic heterocycles. The second-order valence-electron chi connectivity index (χ2n) is 5.16. The first-order chi connectivity index (χ1) is 9.09. The average molecular weight is 304 g/mol. The molecule has 4 heterocycles. The number of halogens is 2. The summed E-state index contributed by atoms with van der Waals surface area (Å²) in [6, 6.07) is 1.63. The third-order valence-corrected chi connectivity index (χ3v) is 4.15. The molecule has 0 unspecified atom stereocenters. The number of pyridine rings is 1. The molecule has 0 aliphatic carbocycles. The third kappa shape index (κ3) is 2.26. The molecule has 0 radical (unpaired) electrons. The third-order valence-electron chi connectivity index (χ3n) is 3.64. The zero-order chi connectivity index (χ0) is 13.5. The van der Waals surface area contributed by atoms with E-state index in [1.807, 2.05) is 0 Å². The normalized spacial score (nSPS) is 33.6. The van der Waals surface area contributed by atoms with Gasteiger partial charge in [0.2, 0.25) is 0 Å². The standard InChI is InChI=1S/C13H15Cl2NO3/c1-2-3-12-6-17-13(18-7-12,19-8-12)9-4-11(15)16-5-10(9)14/h4-5H,2-3,6-8H2,1H3. The summed E-state index contributed by atoms with van der Waals surface area (Å²) < 4.78 is 17.5. The van der Waals surface area contributed by atoms with E-state index in [9.17, 15) is 0 Å². The number of fused-ring (bicyclic) bond motifs is 3. The SMILES string of the molecule is CCCC12COC(c3cc(Cl)ncc3Cl)(OC1)OC2. The Morgan fingerprint density at radius 2 is 1.84 bits per heavy atom. The van der Waals surface area contributed by atoms with E-state index in [0.29, 0.717) is 35.6 Å². The predicted octanol–water partition coefficient (Wildman–Crippen LogP) is 3.36. The Balaban J connectivity index is 1.89. The zero-order valence-corrected chi connectivity index (χ0v) is 12.1. The van der Waals surface area contributed by atoms with Gasteiger partial charge in [0.25, 0.3) is 0 Å². The van der Waals surface area contributed by atoms with E-state index in [-0.39, 0.29) is 5.41 Å². The molecule has 3 saturated heterocycles. The molecule has 0 atom stereocenters. The maximum Gasteiger partial charge on any atom is 0.313 e. The van der Waals surface area contributed by atoms with E-state index in [1.165, 1.54) is 6.20 Å². The van der Waals surface area contributed by atoms with Gasteiger partial charge in [-0.3, -0.25) is 0 Å². The van der Waals surface area contributed by atoms with Crippen molar-refractivity contribution in [2.75, 3.05) is 19.8 Å². The zero-order valence-electron chi connectivity index (χ0n) is 10.6. The van der Waals surface area contributed by atoms with Crippen LogP contribution in [0.25, 0.3) is 0 Å². The van der Waals surface area contributed by atoms with Gasteiger partial charge in [-0.1, -0.05) is 36.5 Å². The van der Waals surface area contributed by atoms with Gasteiger partial charge >= 0.3 is 5.97 Å². The van der Waals surface area contributed by atoms with Crippen molar-refractivity contribution in [2.45, 2.75) is 25.7 Å². The highest BCUT2D eigenvalue weighted by Crippen LogP contribution is 2.47. The van der Waals surface area contributed by atoms with Crippen LogP contribution in [0.1, 0.15) is 25.3 Å². The fraction of sp³-hybridized carbons (Fsp3) is 0.615. The van der Waals surface area contributed by atoms with Crippen LogP contribution in [0.15, 0.2) is 12.3 Å². The van der Waals surface area contributed by atoms with E-state index in [2.05, 4.69) is 11.9 Å². The molecule has 2 bridgehead atoms. The van der Waals surface area contributed by atoms with Crippen LogP contribution in [-0.2, 0) is 20.2 Å². The number of hydrogen-bond acceptors (Lipinski definition) is 4. The van der Waals surface area contributed by atoms with Gasteiger partial charge in [0, 0.05) is 11.6 Å². The summed E-state index contributed by atoms with van der Waals surface area (Å²) in [4.78, 5) is 3.92. The molecule has 0 spiro atoms. The van der Waals surface area contributed by atoms with Crippen LogP contribution in [0.4, 0.5) is 0 Å². The van der Waals surface area contributed by atoms with Gasteiger partial charge < -0.3 is 14.2 Å². The van der Waals surface area contributed by atoms with Crippen molar-refractivity contribution in [2.24, 2.45) is 5.41 Å². The number of hydrogen-bond donors (Lipinski definition) is 0. The van der Waals surface area contributed by atoms with Crippen LogP contribution in [0.5, 0.6) is 0 Å². The van der Waals surface area contributed by atoms with Gasteiger partial charge in [-0.2, -0.15) is 0 Å². The Kier molecular flexibility index (Phi) is 3.48. The predicted molar refractivity (Wildman–Crippen MR) is 71.1 cm³/mol. The molecule has 4 rings (SSSR count). The van der Waals surface area contributed by atoms with E-state index < -0.39 is 5.97 Å². The van der Waals surface area contributed by atoms with Crippen LogP contribution in [0.3, 0.4) is 0 Å². The summed E-state index contributed by atoms with van der Waals surface area (Å²) in [5, 5.41) is 0.759. The van der Waals surface area contributed by atoms with Gasteiger partial charge in [0.1, 0.15) is 5.15 Å². The largest absolute Gasteiger partial charge is 0.323 e. The Bertz CT molecular complexity index is 470. The molecule has 3 aliphatic rings. The lowest BCUT2D eigenvalue weighted by Crippen LogP contribution is -2.58. The van der Waals surface area contributed by atoms with Gasteiger partial charge in [0.15, 0.2) is 0 Å². The molecule has 0 N–H and O–H groups in total. The highest BCUT2D eigenvalue weighted by atomic mass is 35.5. The van der Waals surface area contributed by atoms with Crippen LogP contribution in [-0.4, -0.2) is 24.8 Å². The molecule has 0 aromatic carbocycles. The molecule has 0 saturated carbocycles. The van der Waals surface area contributed by atoms with Crippen molar-refractivity contribution in [3.63, 3.8) is 0 Å². The number of rotatable bonds is 3. The summed E-state index contributed by atoms with van der Waals surface area (Å²) in [5.41, 5.74) is 0.554. The van der Waals surface area contributed by atoms with Crippen LogP contribution < -0.4 is 0 Å². The second-order valence-corrected chi connectivity index (χ2v) is 5.95. The van der Waals surface area contributed by atoms with Crippen molar-refractivity contribution >= 4 is 23.2 Å². The molecule has 0 amide bonds. The van der Waals surface area contributed by atoms with Crippen molar-refractivity contribution in [1.82, 2.24) is 4.98 Å². The highest BCUT2D eigenvalue weighted by molar-refractivity contribution is 6.32. The maximum atomic E-state index is 6.15. The van der Waals surface area contributed by atoms with Gasteiger partial charge in [-0.05, 0) is 12.5 Å². The molecule has 104 valence electrons. The van der Waals surface area contributed by atoms with Crippen molar-refractivity contribution in [3.05, 3.63) is 28.0 Å². The fourth-order valence-electron chi connectivity index (χ4n) is 2.62. The van der Waals surface area contributed by atoms with Crippen molar-refractivity contribution < 1.29 is 14.2 Å². The minimum Gasteiger partial charge on any atom is -0.323 e. The molecular weight excluding hydrogens is 289 g/mol. The van der Waals surface area contributed by atoms with Crippen LogP contribution in [0.2, 0.25) is 10.2 Å². The summed E-state index contributed by atoms with van der Waals surface area (Å²) in [5.74, 6) is -1.22. The first-order valence-electron chi connectivity index (χ1n) is 6.33. The second kappa shape index (κ2) is 4.86. The van der Waals surface area contributed by atoms with E-state index >= 15 is 0 Å². The lowest BCUT2D eigenvalue weighted by Gasteiger charge is -2.52. The summed E-state index contributed by atoms with van der Waals surface area (Å²) in [7, 11) is 0. The summed E-state index contributed by atoms with van der Waals surface area (Å²) in [6.45, 7) is 3.97. The van der Waals surface area contributed by atoms with E-state index in [0.717, 1.165) is 12.8 Å².